The van der Waals surface area contributed by atoms with Crippen molar-refractivity contribution in [2.24, 2.45) is 0 Å². The molecule has 3 aromatic heterocycles. The third kappa shape index (κ3) is 4.49. The number of nitrogens with zero attached hydrogens (tertiary/aromatic N) is 2. The quantitative estimate of drug-likeness (QED) is 0.499. The average Bonchev–Trinajstić information content (AvgIpc) is 3.42. The van der Waals surface area contributed by atoms with Crippen LogP contribution < -0.4 is 10.6 Å². The molecule has 0 saturated heterocycles. The molecule has 4 heterocycles. The van der Waals surface area contributed by atoms with Gasteiger partial charge in [-0.1, -0.05) is 19.0 Å². The molecule has 0 aromatic carbocycles. The largest absolute Gasteiger partial charge is 0.464 e. The molecule has 1 aliphatic heterocycles. The van der Waals surface area contributed by atoms with E-state index in [1.165, 1.54) is 6.20 Å². The van der Waals surface area contributed by atoms with Crippen LogP contribution in [0.15, 0.2) is 44.6 Å². The first-order valence-corrected chi connectivity index (χ1v) is 10.7. The van der Waals surface area contributed by atoms with Crippen molar-refractivity contribution in [3.63, 3.8) is 0 Å². The molecule has 1 aliphatic rings. The fourth-order valence-corrected chi connectivity index (χ4v) is 3.60. The topological polar surface area (TPSA) is 146 Å². The van der Waals surface area contributed by atoms with Crippen molar-refractivity contribution in [3.05, 3.63) is 58.4 Å². The third-order valence-electron chi connectivity index (χ3n) is 5.18. The Hall–Kier alpha value is -4.15. The maximum atomic E-state index is 12.8. The molecule has 11 nitrogen and oxygen atoms in total. The van der Waals surface area contributed by atoms with Crippen molar-refractivity contribution in [1.82, 2.24) is 20.8 Å². The van der Waals surface area contributed by atoms with Gasteiger partial charge in [-0.2, -0.15) is 0 Å². The van der Waals surface area contributed by atoms with Gasteiger partial charge in [0.2, 0.25) is 0 Å². The van der Waals surface area contributed by atoms with Crippen molar-refractivity contribution in [3.8, 4) is 0 Å². The maximum absolute atomic E-state index is 12.8. The lowest BCUT2D eigenvalue weighted by molar-refractivity contribution is -0.139. The number of urea groups is 1. The van der Waals surface area contributed by atoms with Crippen LogP contribution >= 0.6 is 0 Å². The number of carbonyl (C=O) groups excluding carboxylic acids is 3. The summed E-state index contributed by atoms with van der Waals surface area (Å²) < 4.78 is 21.4. The van der Waals surface area contributed by atoms with E-state index in [1.807, 2.05) is 13.8 Å². The number of amides is 2. The molecule has 0 radical (unpaired) electrons. The summed E-state index contributed by atoms with van der Waals surface area (Å²) in [7, 11) is 0. The maximum Gasteiger partial charge on any atom is 0.340 e. The minimum Gasteiger partial charge on any atom is -0.464 e. The number of nitrogens with one attached hydrogen (secondary N) is 2. The highest BCUT2D eigenvalue weighted by Gasteiger charge is 2.36. The molecule has 178 valence electrons. The SMILES string of the molecule is CCOC(=O)C1=C(COC(=O)c2cnc3onc(C(C)C)c3c2)NC(=O)NC1c1ccc(C)o1. The Bertz CT molecular complexity index is 1290. The zero-order valence-corrected chi connectivity index (χ0v) is 19.1. The number of carbonyl (C=O) groups is 3. The van der Waals surface area contributed by atoms with Crippen LogP contribution in [0.4, 0.5) is 4.79 Å². The minimum atomic E-state index is -0.904. The summed E-state index contributed by atoms with van der Waals surface area (Å²) >= 11 is 0. The molecule has 11 heteroatoms. The molecule has 2 N–H and O–H groups in total. The Morgan fingerprint density at radius 3 is 2.68 bits per heavy atom. The lowest BCUT2D eigenvalue weighted by Crippen LogP contribution is -2.47. The molecule has 0 fully saturated rings. The average molecular weight is 468 g/mol. The molecule has 2 amide bonds. The second-order valence-corrected chi connectivity index (χ2v) is 7.97. The van der Waals surface area contributed by atoms with Crippen molar-refractivity contribution in [2.75, 3.05) is 13.2 Å². The minimum absolute atomic E-state index is 0.0683. The first-order chi connectivity index (χ1) is 16.3. The second-order valence-electron chi connectivity index (χ2n) is 7.97. The lowest BCUT2D eigenvalue weighted by atomic mass is 10.0. The van der Waals surface area contributed by atoms with Crippen molar-refractivity contribution >= 4 is 29.1 Å². The Labute approximate surface area is 194 Å². The summed E-state index contributed by atoms with van der Waals surface area (Å²) in [5, 5.41) is 9.79. The highest BCUT2D eigenvalue weighted by atomic mass is 16.5. The molecule has 34 heavy (non-hydrogen) atoms. The summed E-state index contributed by atoms with van der Waals surface area (Å²) in [6, 6.07) is 3.48. The molecular weight excluding hydrogens is 444 g/mol. The van der Waals surface area contributed by atoms with Gasteiger partial charge in [-0.05, 0) is 38.0 Å². The highest BCUT2D eigenvalue weighted by molar-refractivity contribution is 5.96. The van der Waals surface area contributed by atoms with Crippen LogP contribution in [0.2, 0.25) is 0 Å². The first-order valence-electron chi connectivity index (χ1n) is 10.7. The fourth-order valence-electron chi connectivity index (χ4n) is 3.60. The number of aryl methyl sites for hydroxylation is 1. The molecule has 0 bridgehead atoms. The molecule has 0 aliphatic carbocycles. The molecule has 1 unspecified atom stereocenters. The number of hydrogen-bond acceptors (Lipinski definition) is 9. The number of rotatable bonds is 7. The van der Waals surface area contributed by atoms with Gasteiger partial charge in [0.05, 0.1) is 34.5 Å². The van der Waals surface area contributed by atoms with Crippen molar-refractivity contribution < 1.29 is 32.8 Å². The lowest BCUT2D eigenvalue weighted by Gasteiger charge is -2.27. The normalized spacial score (nSPS) is 15.9. The van der Waals surface area contributed by atoms with Gasteiger partial charge in [-0.15, -0.1) is 0 Å². The number of aromatic nitrogens is 2. The number of hydrogen-bond donors (Lipinski definition) is 2. The van der Waals surface area contributed by atoms with Crippen LogP contribution in [0.5, 0.6) is 0 Å². The number of pyridine rings is 1. The highest BCUT2D eigenvalue weighted by Crippen LogP contribution is 2.29. The van der Waals surface area contributed by atoms with Gasteiger partial charge in [0, 0.05) is 6.20 Å². The predicted octanol–water partition coefficient (Wildman–Crippen LogP) is 3.28. The van der Waals surface area contributed by atoms with E-state index in [4.69, 9.17) is 18.4 Å². The second kappa shape index (κ2) is 9.38. The van der Waals surface area contributed by atoms with E-state index < -0.39 is 24.0 Å². The van der Waals surface area contributed by atoms with E-state index in [1.54, 1.807) is 32.0 Å². The third-order valence-corrected chi connectivity index (χ3v) is 5.18. The first kappa shape index (κ1) is 23.0. The van der Waals surface area contributed by atoms with Crippen LogP contribution in [0.1, 0.15) is 60.3 Å². The summed E-state index contributed by atoms with van der Waals surface area (Å²) in [6.07, 6.45) is 1.32. The predicted molar refractivity (Wildman–Crippen MR) is 118 cm³/mol. The van der Waals surface area contributed by atoms with Crippen LogP contribution in [0, 0.1) is 6.92 Å². The van der Waals surface area contributed by atoms with Gasteiger partial charge < -0.3 is 29.0 Å². The van der Waals surface area contributed by atoms with Crippen LogP contribution in [-0.4, -0.2) is 41.3 Å². The van der Waals surface area contributed by atoms with Gasteiger partial charge >= 0.3 is 18.0 Å². The molecule has 0 saturated carbocycles. The van der Waals surface area contributed by atoms with E-state index >= 15 is 0 Å². The monoisotopic (exact) mass is 468 g/mol. The summed E-state index contributed by atoms with van der Waals surface area (Å²) in [5.41, 5.74) is 1.34. The standard InChI is InChI=1S/C23H24N4O7/c1-5-31-22(29)17-15(25-23(30)26-19(17)16-7-6-12(4)33-16)10-32-21(28)13-8-14-18(11(2)3)27-34-20(14)24-9-13/h6-9,11,19H,5,10H2,1-4H3,(H2,25,26,30). The fraction of sp³-hybridized carbons (Fsp3) is 0.348. The van der Waals surface area contributed by atoms with Crippen molar-refractivity contribution in [1.29, 1.82) is 0 Å². The van der Waals surface area contributed by atoms with Gasteiger partial charge in [-0.3, -0.25) is 0 Å². The van der Waals surface area contributed by atoms with Crippen LogP contribution in [0.3, 0.4) is 0 Å². The van der Waals surface area contributed by atoms with Gasteiger partial charge in [0.15, 0.2) is 0 Å². The Balaban J connectivity index is 1.62. The number of ether oxygens (including phenoxy) is 2. The Kier molecular flexibility index (Phi) is 6.35. The zero-order chi connectivity index (χ0) is 24.4. The van der Waals surface area contributed by atoms with Crippen LogP contribution in [0.25, 0.3) is 11.1 Å². The smallest absolute Gasteiger partial charge is 0.340 e. The van der Waals surface area contributed by atoms with Crippen LogP contribution in [-0.2, 0) is 14.3 Å². The van der Waals surface area contributed by atoms with E-state index in [0.717, 1.165) is 0 Å². The van der Waals surface area contributed by atoms with Gasteiger partial charge in [-0.25, -0.2) is 19.4 Å². The molecular formula is C23H24N4O7. The van der Waals surface area contributed by atoms with E-state index in [2.05, 4.69) is 20.8 Å². The number of fused-ring (bicyclic) bond motifs is 1. The number of furan rings is 1. The summed E-state index contributed by atoms with van der Waals surface area (Å²) in [5.74, 6) is -0.342. The Morgan fingerprint density at radius 1 is 1.21 bits per heavy atom. The van der Waals surface area contributed by atoms with E-state index in [9.17, 15) is 14.4 Å². The molecule has 1 atom stereocenters. The zero-order valence-electron chi connectivity index (χ0n) is 19.1. The van der Waals surface area contributed by atoms with E-state index in [-0.39, 0.29) is 36.0 Å². The summed E-state index contributed by atoms with van der Waals surface area (Å²) in [4.78, 5) is 42.0. The van der Waals surface area contributed by atoms with Crippen molar-refractivity contribution in [2.45, 2.75) is 39.7 Å². The molecule has 3 aromatic rings. The van der Waals surface area contributed by atoms with Gasteiger partial charge in [0.25, 0.3) is 5.71 Å². The summed E-state index contributed by atoms with van der Waals surface area (Å²) in [6.45, 7) is 7.04. The molecule has 4 rings (SSSR count). The van der Waals surface area contributed by atoms with E-state index in [0.29, 0.717) is 28.3 Å². The number of esters is 2. The Morgan fingerprint density at radius 2 is 2.00 bits per heavy atom. The molecule has 0 spiro atoms. The van der Waals surface area contributed by atoms with Gasteiger partial charge in [0.1, 0.15) is 24.2 Å².